The Labute approximate surface area is 133 Å². The fourth-order valence-electron chi connectivity index (χ4n) is 2.82. The second-order valence-corrected chi connectivity index (χ2v) is 6.43. The van der Waals surface area contributed by atoms with E-state index in [0.717, 1.165) is 21.1 Å². The molecule has 0 radical (unpaired) electrons. The van der Waals surface area contributed by atoms with Crippen molar-refractivity contribution >= 4 is 30.2 Å². The van der Waals surface area contributed by atoms with Crippen LogP contribution in [0.1, 0.15) is 50.2 Å². The highest BCUT2D eigenvalue weighted by Crippen LogP contribution is 2.40. The van der Waals surface area contributed by atoms with Gasteiger partial charge >= 0.3 is 0 Å². The molecule has 0 unspecified atom stereocenters. The SMILES string of the molecule is CCOc1ccc(C)cc1C(S)=C(S)C1CCCCC1. The molecule has 1 fully saturated rings. The van der Waals surface area contributed by atoms with Crippen molar-refractivity contribution in [2.45, 2.75) is 46.0 Å². The van der Waals surface area contributed by atoms with Gasteiger partial charge in [-0.15, -0.1) is 25.3 Å². The van der Waals surface area contributed by atoms with Crippen molar-refractivity contribution in [3.63, 3.8) is 0 Å². The van der Waals surface area contributed by atoms with Crippen LogP contribution in [0.15, 0.2) is 23.1 Å². The summed E-state index contributed by atoms with van der Waals surface area (Å²) in [4.78, 5) is 2.10. The van der Waals surface area contributed by atoms with E-state index in [0.29, 0.717) is 12.5 Å². The summed E-state index contributed by atoms with van der Waals surface area (Å²) in [5.74, 6) is 1.47. The molecule has 3 heteroatoms. The maximum atomic E-state index is 5.73. The Morgan fingerprint density at radius 1 is 1.20 bits per heavy atom. The largest absolute Gasteiger partial charge is 0.493 e. The predicted octanol–water partition coefficient (Wildman–Crippen LogP) is 5.50. The smallest absolute Gasteiger partial charge is 0.127 e. The Balaban J connectivity index is 2.34. The number of aryl methyl sites for hydroxylation is 1. The lowest BCUT2D eigenvalue weighted by Gasteiger charge is -2.24. The molecule has 0 aliphatic heterocycles. The molecule has 1 aromatic carbocycles. The van der Waals surface area contributed by atoms with Crippen molar-refractivity contribution in [3.8, 4) is 5.75 Å². The highest BCUT2D eigenvalue weighted by Gasteiger charge is 2.19. The van der Waals surface area contributed by atoms with Gasteiger partial charge in [0, 0.05) is 10.5 Å². The van der Waals surface area contributed by atoms with Crippen molar-refractivity contribution in [2.75, 3.05) is 6.61 Å². The summed E-state index contributed by atoms with van der Waals surface area (Å²) in [5, 5.41) is 0. The van der Waals surface area contributed by atoms with Crippen LogP contribution in [0.5, 0.6) is 5.75 Å². The van der Waals surface area contributed by atoms with Crippen molar-refractivity contribution in [1.82, 2.24) is 0 Å². The first kappa shape index (κ1) is 15.8. The minimum absolute atomic E-state index is 0.564. The minimum atomic E-state index is 0.564. The van der Waals surface area contributed by atoms with E-state index in [4.69, 9.17) is 30.0 Å². The van der Waals surface area contributed by atoms with E-state index < -0.39 is 0 Å². The molecule has 0 saturated heterocycles. The Hall–Kier alpha value is -0.540. The third-order valence-corrected chi connectivity index (χ3v) is 5.17. The summed E-state index contributed by atoms with van der Waals surface area (Å²) >= 11 is 9.53. The average Bonchev–Trinajstić information content (AvgIpc) is 2.48. The fraction of sp³-hybridized carbons (Fsp3) is 0.529. The van der Waals surface area contributed by atoms with Gasteiger partial charge < -0.3 is 4.74 Å². The van der Waals surface area contributed by atoms with E-state index in [1.807, 2.05) is 13.0 Å². The van der Waals surface area contributed by atoms with Crippen LogP contribution in [0.4, 0.5) is 0 Å². The number of benzene rings is 1. The number of thiol groups is 2. The predicted molar refractivity (Wildman–Crippen MR) is 93.8 cm³/mol. The van der Waals surface area contributed by atoms with Gasteiger partial charge in [0.25, 0.3) is 0 Å². The van der Waals surface area contributed by atoms with E-state index in [1.54, 1.807) is 0 Å². The Kier molecular flexibility index (Phi) is 5.91. The third kappa shape index (κ3) is 3.76. The highest BCUT2D eigenvalue weighted by atomic mass is 32.1. The lowest BCUT2D eigenvalue weighted by Crippen LogP contribution is -2.07. The van der Waals surface area contributed by atoms with E-state index in [2.05, 4.69) is 19.1 Å². The third-order valence-electron chi connectivity index (χ3n) is 3.92. The van der Waals surface area contributed by atoms with E-state index in [9.17, 15) is 0 Å². The fourth-order valence-corrected chi connectivity index (χ4v) is 3.55. The monoisotopic (exact) mass is 308 g/mol. The molecular weight excluding hydrogens is 284 g/mol. The van der Waals surface area contributed by atoms with E-state index in [-0.39, 0.29) is 0 Å². The topological polar surface area (TPSA) is 9.23 Å². The van der Waals surface area contributed by atoms with Crippen LogP contribution in [-0.2, 0) is 0 Å². The van der Waals surface area contributed by atoms with Gasteiger partial charge in [-0.05, 0) is 49.6 Å². The normalized spacial score (nSPS) is 17.8. The molecule has 1 nitrogen and oxygen atoms in total. The molecule has 0 heterocycles. The molecular formula is C17H24OS2. The lowest BCUT2D eigenvalue weighted by atomic mass is 9.88. The molecule has 1 aromatic rings. The van der Waals surface area contributed by atoms with Gasteiger partial charge in [0.1, 0.15) is 5.75 Å². The molecule has 0 aromatic heterocycles. The van der Waals surface area contributed by atoms with Crippen molar-refractivity contribution < 1.29 is 4.74 Å². The first-order chi connectivity index (χ1) is 9.63. The van der Waals surface area contributed by atoms with Crippen LogP contribution in [-0.4, -0.2) is 6.61 Å². The van der Waals surface area contributed by atoms with E-state index in [1.165, 1.54) is 37.7 Å². The van der Waals surface area contributed by atoms with Crippen LogP contribution >= 0.6 is 25.3 Å². The number of ether oxygens (including phenoxy) is 1. The molecule has 0 amide bonds. The lowest BCUT2D eigenvalue weighted by molar-refractivity contribution is 0.339. The summed E-state index contributed by atoms with van der Waals surface area (Å²) in [6, 6.07) is 6.26. The molecule has 0 bridgehead atoms. The maximum absolute atomic E-state index is 5.73. The van der Waals surface area contributed by atoms with Crippen molar-refractivity contribution in [1.29, 1.82) is 0 Å². The maximum Gasteiger partial charge on any atom is 0.127 e. The zero-order chi connectivity index (χ0) is 14.5. The summed E-state index contributed by atoms with van der Waals surface area (Å²) in [5.41, 5.74) is 2.30. The quantitative estimate of drug-likeness (QED) is 0.698. The molecule has 1 saturated carbocycles. The second-order valence-electron chi connectivity index (χ2n) is 5.50. The molecule has 20 heavy (non-hydrogen) atoms. The van der Waals surface area contributed by atoms with Crippen LogP contribution in [0.3, 0.4) is 0 Å². The summed E-state index contributed by atoms with van der Waals surface area (Å²) in [6.45, 7) is 4.77. The molecule has 0 spiro atoms. The first-order valence-electron chi connectivity index (χ1n) is 7.49. The molecule has 1 aliphatic carbocycles. The van der Waals surface area contributed by atoms with Crippen LogP contribution in [0, 0.1) is 12.8 Å². The van der Waals surface area contributed by atoms with Gasteiger partial charge in [0.05, 0.1) is 6.61 Å². The number of rotatable bonds is 4. The molecule has 0 N–H and O–H groups in total. The Bertz CT molecular complexity index is 488. The van der Waals surface area contributed by atoms with Gasteiger partial charge in [-0.2, -0.15) is 0 Å². The Morgan fingerprint density at radius 3 is 2.55 bits per heavy atom. The minimum Gasteiger partial charge on any atom is -0.493 e. The van der Waals surface area contributed by atoms with Crippen LogP contribution in [0.25, 0.3) is 4.91 Å². The van der Waals surface area contributed by atoms with Crippen LogP contribution < -0.4 is 4.74 Å². The van der Waals surface area contributed by atoms with E-state index >= 15 is 0 Å². The zero-order valence-electron chi connectivity index (χ0n) is 12.4. The molecule has 0 atom stereocenters. The molecule has 110 valence electrons. The molecule has 2 rings (SSSR count). The Morgan fingerprint density at radius 2 is 1.90 bits per heavy atom. The average molecular weight is 309 g/mol. The molecule has 1 aliphatic rings. The van der Waals surface area contributed by atoms with Gasteiger partial charge in [-0.3, -0.25) is 0 Å². The van der Waals surface area contributed by atoms with Crippen molar-refractivity contribution in [3.05, 3.63) is 34.2 Å². The first-order valence-corrected chi connectivity index (χ1v) is 8.38. The second kappa shape index (κ2) is 7.46. The number of hydrogen-bond donors (Lipinski definition) is 2. The van der Waals surface area contributed by atoms with Gasteiger partial charge in [0.2, 0.25) is 0 Å². The summed E-state index contributed by atoms with van der Waals surface area (Å²) in [6.07, 6.45) is 6.44. The van der Waals surface area contributed by atoms with Gasteiger partial charge in [-0.25, -0.2) is 0 Å². The summed E-state index contributed by atoms with van der Waals surface area (Å²) in [7, 11) is 0. The van der Waals surface area contributed by atoms with Gasteiger partial charge in [0.15, 0.2) is 0 Å². The summed E-state index contributed by atoms with van der Waals surface area (Å²) < 4.78 is 5.73. The highest BCUT2D eigenvalue weighted by molar-refractivity contribution is 7.93. The van der Waals surface area contributed by atoms with Crippen molar-refractivity contribution in [2.24, 2.45) is 5.92 Å². The number of allylic oxidation sites excluding steroid dienone is 1. The van der Waals surface area contributed by atoms with Crippen LogP contribution in [0.2, 0.25) is 0 Å². The standard InChI is InChI=1S/C17H24OS2/c1-3-18-15-10-9-12(2)11-14(15)17(20)16(19)13-7-5-4-6-8-13/h9-11,13,19-20H,3-8H2,1-2H3. The zero-order valence-corrected chi connectivity index (χ0v) is 14.1. The van der Waals surface area contributed by atoms with Gasteiger partial charge in [-0.1, -0.05) is 30.9 Å². The number of hydrogen-bond acceptors (Lipinski definition) is 3.